The van der Waals surface area contributed by atoms with Crippen LogP contribution in [-0.2, 0) is 7.05 Å². The van der Waals surface area contributed by atoms with Crippen molar-refractivity contribution >= 4 is 44.8 Å². The minimum absolute atomic E-state index is 0.00406. The number of rotatable bonds is 7. The van der Waals surface area contributed by atoms with Crippen LogP contribution in [0.15, 0.2) is 54.6 Å². The highest BCUT2D eigenvalue weighted by molar-refractivity contribution is 6.35. The van der Waals surface area contributed by atoms with Crippen LogP contribution in [0.5, 0.6) is 0 Å². The molecule has 224 valence electrons. The van der Waals surface area contributed by atoms with Gasteiger partial charge in [0.1, 0.15) is 6.07 Å². The number of benzene rings is 2. The quantitative estimate of drug-likeness (QED) is 0.188. The fraction of sp³-hybridized carbons (Fsp3) is 0.367. The van der Waals surface area contributed by atoms with Crippen LogP contribution in [0.4, 0.5) is 24.5 Å². The zero-order valence-corrected chi connectivity index (χ0v) is 24.8. The molecule has 1 aliphatic carbocycles. The summed E-state index contributed by atoms with van der Waals surface area (Å²) in [6, 6.07) is 10.8. The highest BCUT2D eigenvalue weighted by Crippen LogP contribution is 2.54. The van der Waals surface area contributed by atoms with Crippen molar-refractivity contribution in [3.05, 3.63) is 70.8 Å². The van der Waals surface area contributed by atoms with Crippen LogP contribution < -0.4 is 21.6 Å². The Morgan fingerprint density at radius 2 is 1.95 bits per heavy atom. The van der Waals surface area contributed by atoms with Crippen LogP contribution in [0, 0.1) is 16.7 Å². The number of nitriles is 1. The van der Waals surface area contributed by atoms with Crippen LogP contribution in [0.1, 0.15) is 50.8 Å². The van der Waals surface area contributed by atoms with E-state index in [1.807, 2.05) is 37.5 Å². The van der Waals surface area contributed by atoms with Crippen LogP contribution in [-0.4, -0.2) is 38.0 Å². The van der Waals surface area contributed by atoms with Gasteiger partial charge in [-0.15, -0.1) is 5.53 Å². The molecule has 2 aromatic carbocycles. The Hall–Kier alpha value is -4.21. The van der Waals surface area contributed by atoms with E-state index in [1.54, 1.807) is 10.7 Å². The van der Waals surface area contributed by atoms with Crippen molar-refractivity contribution in [2.45, 2.75) is 51.4 Å². The van der Waals surface area contributed by atoms with E-state index in [2.05, 4.69) is 58.5 Å². The maximum Gasteiger partial charge on any atom is 0.413 e. The second-order valence-corrected chi connectivity index (χ2v) is 12.7. The lowest BCUT2D eigenvalue weighted by atomic mass is 9.96. The number of aryl methyl sites for hydroxylation is 1. The molecule has 3 heterocycles. The first-order chi connectivity index (χ1) is 20.3. The zero-order valence-electron chi connectivity index (χ0n) is 24.1. The van der Waals surface area contributed by atoms with E-state index in [4.69, 9.17) is 11.6 Å². The average molecular weight is 610 g/mol. The van der Waals surface area contributed by atoms with Crippen molar-refractivity contribution in [2.75, 3.05) is 17.2 Å². The Morgan fingerprint density at radius 3 is 2.63 bits per heavy atom. The standard InChI is InChI=1S/C30H31ClF3N9/c1-28(2,3)16-37-25-17(12-35)13-36-26-20(25)10-18(11-22(26)31)38-27(19-6-5-7-23-21(19)14-42(4)40-23)24-15-43(41-39-24)29(8-9-29)30(32,33)34/h5-7,10-11,13-15,27,38-39,41H,8-9,16H2,1-4H3,(H,36,37)/t27-/m0/s1. The summed E-state index contributed by atoms with van der Waals surface area (Å²) in [4.78, 5) is 4.44. The molecule has 1 atom stereocenters. The number of hydrazine groups is 2. The molecule has 0 saturated heterocycles. The number of hydrogen-bond acceptors (Lipinski definition) is 8. The number of halogens is 4. The van der Waals surface area contributed by atoms with Gasteiger partial charge in [-0.25, -0.2) is 0 Å². The molecule has 43 heavy (non-hydrogen) atoms. The summed E-state index contributed by atoms with van der Waals surface area (Å²) in [5, 5.41) is 24.2. The minimum Gasteiger partial charge on any atom is -0.383 e. The number of nitrogens with zero attached hydrogens (tertiary/aromatic N) is 5. The molecule has 0 radical (unpaired) electrons. The van der Waals surface area contributed by atoms with Crippen LogP contribution in [0.3, 0.4) is 0 Å². The van der Waals surface area contributed by atoms with Crippen LogP contribution in [0.2, 0.25) is 5.02 Å². The molecule has 0 amide bonds. The molecule has 0 bridgehead atoms. The van der Waals surface area contributed by atoms with Gasteiger partial charge in [-0.3, -0.25) is 14.7 Å². The lowest BCUT2D eigenvalue weighted by Crippen LogP contribution is -2.52. The monoisotopic (exact) mass is 609 g/mol. The molecule has 6 rings (SSSR count). The van der Waals surface area contributed by atoms with Gasteiger partial charge in [0, 0.05) is 48.6 Å². The molecule has 1 aliphatic heterocycles. The third kappa shape index (κ3) is 5.28. The molecular formula is C30H31ClF3N9. The number of nitrogens with one attached hydrogen (secondary N) is 4. The van der Waals surface area contributed by atoms with Crippen LogP contribution >= 0.6 is 11.6 Å². The van der Waals surface area contributed by atoms with Gasteiger partial charge < -0.3 is 16.1 Å². The molecule has 1 saturated carbocycles. The summed E-state index contributed by atoms with van der Waals surface area (Å²) in [6.45, 7) is 6.86. The predicted molar refractivity (Wildman–Crippen MR) is 161 cm³/mol. The van der Waals surface area contributed by atoms with Crippen molar-refractivity contribution in [1.29, 1.82) is 5.26 Å². The molecule has 9 nitrogen and oxygen atoms in total. The topological polar surface area (TPSA) is 106 Å². The number of hydrogen-bond donors (Lipinski definition) is 4. The summed E-state index contributed by atoms with van der Waals surface area (Å²) in [5.41, 5.74) is 7.84. The molecule has 4 N–H and O–H groups in total. The number of aromatic nitrogens is 3. The molecule has 1 fully saturated rings. The molecule has 0 unspecified atom stereocenters. The molecule has 2 aromatic heterocycles. The third-order valence-corrected chi connectivity index (χ3v) is 8.06. The Balaban J connectivity index is 1.46. The third-order valence-electron chi connectivity index (χ3n) is 7.77. The first-order valence-corrected chi connectivity index (χ1v) is 14.2. The first kappa shape index (κ1) is 28.9. The van der Waals surface area contributed by atoms with Gasteiger partial charge in [-0.05, 0) is 42.0 Å². The van der Waals surface area contributed by atoms with E-state index in [1.165, 1.54) is 12.4 Å². The normalized spacial score (nSPS) is 17.0. The second-order valence-electron chi connectivity index (χ2n) is 12.3. The summed E-state index contributed by atoms with van der Waals surface area (Å²) in [7, 11) is 1.82. The molecule has 0 spiro atoms. The maximum atomic E-state index is 14.0. The lowest BCUT2D eigenvalue weighted by Gasteiger charge is -2.28. The lowest BCUT2D eigenvalue weighted by molar-refractivity contribution is -0.195. The van der Waals surface area contributed by atoms with Gasteiger partial charge in [-0.2, -0.15) is 23.5 Å². The highest BCUT2D eigenvalue weighted by Gasteiger charge is 2.67. The summed E-state index contributed by atoms with van der Waals surface area (Å²) < 4.78 is 43.6. The van der Waals surface area contributed by atoms with Crippen molar-refractivity contribution in [3.63, 3.8) is 0 Å². The van der Waals surface area contributed by atoms with Crippen molar-refractivity contribution < 1.29 is 13.2 Å². The first-order valence-electron chi connectivity index (χ1n) is 13.8. The molecular weight excluding hydrogens is 579 g/mol. The van der Waals surface area contributed by atoms with Crippen molar-refractivity contribution in [3.8, 4) is 6.07 Å². The smallest absolute Gasteiger partial charge is 0.383 e. The Bertz CT molecular complexity index is 1800. The SMILES string of the molecule is Cn1cc2c([C@H](Nc3cc(Cl)c4ncc(C#N)c(NCC(C)(C)C)c4c3)C3=CN(C4(C(F)(F)F)CC4)NN3)cccc2n1. The van der Waals surface area contributed by atoms with Gasteiger partial charge in [0.05, 0.1) is 39.0 Å². The number of alkyl halides is 3. The summed E-state index contributed by atoms with van der Waals surface area (Å²) >= 11 is 6.75. The van der Waals surface area contributed by atoms with Crippen LogP contribution in [0.25, 0.3) is 21.8 Å². The van der Waals surface area contributed by atoms with Gasteiger partial charge in [0.15, 0.2) is 5.54 Å². The van der Waals surface area contributed by atoms with E-state index < -0.39 is 17.8 Å². The van der Waals surface area contributed by atoms with Crippen molar-refractivity contribution in [2.24, 2.45) is 12.5 Å². The summed E-state index contributed by atoms with van der Waals surface area (Å²) in [5.74, 6) is 0. The van der Waals surface area contributed by atoms with Gasteiger partial charge in [0.2, 0.25) is 0 Å². The van der Waals surface area contributed by atoms with Gasteiger partial charge in [-0.1, -0.05) is 44.5 Å². The number of anilines is 2. The van der Waals surface area contributed by atoms with E-state index >= 15 is 0 Å². The van der Waals surface area contributed by atoms with E-state index in [0.29, 0.717) is 45.1 Å². The average Bonchev–Trinajstić information content (AvgIpc) is 3.46. The number of pyridine rings is 1. The molecule has 13 heteroatoms. The minimum atomic E-state index is -4.40. The molecule has 2 aliphatic rings. The van der Waals surface area contributed by atoms with Crippen molar-refractivity contribution in [1.82, 2.24) is 30.7 Å². The van der Waals surface area contributed by atoms with Gasteiger partial charge >= 0.3 is 6.18 Å². The second kappa shape index (κ2) is 10.2. The highest BCUT2D eigenvalue weighted by atomic mass is 35.5. The van der Waals surface area contributed by atoms with Gasteiger partial charge in [0.25, 0.3) is 0 Å². The van der Waals surface area contributed by atoms with E-state index in [9.17, 15) is 18.4 Å². The largest absolute Gasteiger partial charge is 0.413 e. The Labute approximate surface area is 251 Å². The maximum absolute atomic E-state index is 14.0. The Kier molecular flexibility index (Phi) is 6.86. The molecule has 4 aromatic rings. The van der Waals surface area contributed by atoms with E-state index in [-0.39, 0.29) is 18.3 Å². The fourth-order valence-electron chi connectivity index (χ4n) is 5.38. The Morgan fingerprint density at radius 1 is 1.19 bits per heavy atom. The predicted octanol–water partition coefficient (Wildman–Crippen LogP) is 6.52. The fourth-order valence-corrected chi connectivity index (χ4v) is 5.65. The summed E-state index contributed by atoms with van der Waals surface area (Å²) in [6.07, 6.45) is 0.465. The number of fused-ring (bicyclic) bond motifs is 2. The zero-order chi connectivity index (χ0) is 30.7. The van der Waals surface area contributed by atoms with E-state index in [0.717, 1.165) is 21.5 Å².